The molecule has 0 amide bonds. The summed E-state index contributed by atoms with van der Waals surface area (Å²) in [6, 6.07) is 17.0. The quantitative estimate of drug-likeness (QED) is 0.183. The summed E-state index contributed by atoms with van der Waals surface area (Å²) in [5.74, 6) is 3.87. The Morgan fingerprint density at radius 2 is 1.49 bits per heavy atom. The number of rotatable bonds is 6. The molecule has 47 heavy (non-hydrogen) atoms. The zero-order chi connectivity index (χ0) is 34.1. The molecule has 0 saturated heterocycles. The molecule has 4 heterocycles. The van der Waals surface area contributed by atoms with Crippen molar-refractivity contribution in [2.45, 2.75) is 84.7 Å². The van der Waals surface area contributed by atoms with Gasteiger partial charge in [-0.3, -0.25) is 9.97 Å². The van der Waals surface area contributed by atoms with Crippen LogP contribution in [0.3, 0.4) is 0 Å². The molecule has 0 aliphatic heterocycles. The van der Waals surface area contributed by atoms with Crippen molar-refractivity contribution in [3.05, 3.63) is 125 Å². The number of fused-ring (bicyclic) bond motifs is 3. The van der Waals surface area contributed by atoms with Crippen LogP contribution in [0.1, 0.15) is 105 Å². The summed E-state index contributed by atoms with van der Waals surface area (Å²) in [5, 5.41) is 0. The lowest BCUT2D eigenvalue weighted by atomic mass is 9.95. The summed E-state index contributed by atoms with van der Waals surface area (Å²) >= 11 is 0. The standard InChI is InChI=1S/C16H19NO.C13H14N2O.C9H10F3N/c1-12(2)13-8-9-17-15(10-13)11-14-6-4-5-7-16(14)18-3;1-8(2)13-14-7-9-3-4-11-10(5-6-16-11)12(9)15-13;1-6(2)7-3-4-13-8(5-7)9(10,11)12/h4-10,12H,11H2,1-3H3;5-8H,3-4H2,1-2H3;3-6H,1-2H3. The molecular formula is C38H43F3N4O2. The molecule has 1 aromatic carbocycles. The van der Waals surface area contributed by atoms with E-state index in [0.717, 1.165) is 59.6 Å². The number of methoxy groups -OCH3 is 1. The lowest BCUT2D eigenvalue weighted by Crippen LogP contribution is -2.08. The van der Waals surface area contributed by atoms with Crippen molar-refractivity contribution in [2.24, 2.45) is 0 Å². The van der Waals surface area contributed by atoms with E-state index in [4.69, 9.17) is 9.15 Å². The van der Waals surface area contributed by atoms with Gasteiger partial charge >= 0.3 is 6.18 Å². The molecule has 1 aliphatic carbocycles. The Morgan fingerprint density at radius 3 is 2.15 bits per heavy atom. The smallest absolute Gasteiger partial charge is 0.433 e. The van der Waals surface area contributed by atoms with Gasteiger partial charge in [0, 0.05) is 54.2 Å². The van der Waals surface area contributed by atoms with E-state index in [-0.39, 0.29) is 5.92 Å². The maximum Gasteiger partial charge on any atom is 0.433 e. The van der Waals surface area contributed by atoms with E-state index >= 15 is 0 Å². The Kier molecular flexibility index (Phi) is 11.9. The normalized spacial score (nSPS) is 12.1. The molecule has 0 N–H and O–H groups in total. The van der Waals surface area contributed by atoms with Crippen LogP contribution in [0.2, 0.25) is 0 Å². The van der Waals surface area contributed by atoms with Gasteiger partial charge in [-0.05, 0) is 71.3 Å². The number of hydrogen-bond acceptors (Lipinski definition) is 6. The number of hydrogen-bond donors (Lipinski definition) is 0. The van der Waals surface area contributed by atoms with Crippen molar-refractivity contribution >= 4 is 0 Å². The minimum absolute atomic E-state index is 0.0871. The van der Waals surface area contributed by atoms with Crippen LogP contribution in [0.5, 0.6) is 5.75 Å². The van der Waals surface area contributed by atoms with Gasteiger partial charge in [0.15, 0.2) is 0 Å². The fourth-order valence-electron chi connectivity index (χ4n) is 5.07. The van der Waals surface area contributed by atoms with Crippen LogP contribution >= 0.6 is 0 Å². The van der Waals surface area contributed by atoms with Crippen molar-refractivity contribution < 1.29 is 22.3 Å². The van der Waals surface area contributed by atoms with Crippen molar-refractivity contribution in [1.82, 2.24) is 19.9 Å². The van der Waals surface area contributed by atoms with Gasteiger partial charge in [0.25, 0.3) is 0 Å². The van der Waals surface area contributed by atoms with Gasteiger partial charge in [-0.15, -0.1) is 0 Å². The number of aryl methyl sites for hydroxylation is 2. The molecule has 1 aliphatic rings. The summed E-state index contributed by atoms with van der Waals surface area (Å²) in [6.45, 7) is 12.3. The predicted molar refractivity (Wildman–Crippen MR) is 179 cm³/mol. The van der Waals surface area contributed by atoms with Crippen LogP contribution in [0.25, 0.3) is 11.3 Å². The van der Waals surface area contributed by atoms with E-state index in [1.165, 1.54) is 22.9 Å². The Bertz CT molecular complexity index is 1750. The highest BCUT2D eigenvalue weighted by molar-refractivity contribution is 5.67. The Hall–Kier alpha value is -4.53. The number of nitrogens with zero attached hydrogens (tertiary/aromatic N) is 4. The minimum atomic E-state index is -4.34. The SMILES string of the molecule is CC(C)c1ccnc(C(F)(F)F)c1.CC(C)c1ncc2c(n1)-c1ccoc1CC2.COc1ccccc1Cc1cc(C(C)C)ccn1. The van der Waals surface area contributed by atoms with Crippen LogP contribution in [0, 0.1) is 0 Å². The minimum Gasteiger partial charge on any atom is -0.496 e. The maximum absolute atomic E-state index is 12.2. The highest BCUT2D eigenvalue weighted by atomic mass is 19.4. The first-order valence-electron chi connectivity index (χ1n) is 15.9. The van der Waals surface area contributed by atoms with Crippen LogP contribution < -0.4 is 4.74 Å². The summed E-state index contributed by atoms with van der Waals surface area (Å²) in [7, 11) is 1.71. The van der Waals surface area contributed by atoms with Gasteiger partial charge in [-0.1, -0.05) is 59.7 Å². The highest BCUT2D eigenvalue weighted by Gasteiger charge is 2.32. The van der Waals surface area contributed by atoms with E-state index in [1.807, 2.05) is 50.5 Å². The summed E-state index contributed by atoms with van der Waals surface area (Å²) in [5.41, 5.74) is 6.87. The molecule has 0 spiro atoms. The molecule has 6 rings (SSSR count). The number of para-hydroxylation sites is 1. The number of halogens is 3. The van der Waals surface area contributed by atoms with Crippen molar-refractivity contribution in [1.29, 1.82) is 0 Å². The van der Waals surface area contributed by atoms with Gasteiger partial charge in [0.1, 0.15) is 23.0 Å². The number of ether oxygens (including phenoxy) is 1. The first kappa shape index (κ1) is 35.3. The fourth-order valence-corrected chi connectivity index (χ4v) is 5.07. The van der Waals surface area contributed by atoms with Crippen molar-refractivity contribution in [2.75, 3.05) is 7.11 Å². The third kappa shape index (κ3) is 9.50. The molecule has 9 heteroatoms. The molecule has 4 aromatic heterocycles. The first-order valence-corrected chi connectivity index (χ1v) is 15.9. The molecule has 0 bridgehead atoms. The van der Waals surface area contributed by atoms with E-state index in [0.29, 0.717) is 17.4 Å². The van der Waals surface area contributed by atoms with Gasteiger partial charge in [-0.2, -0.15) is 13.2 Å². The molecular weight excluding hydrogens is 601 g/mol. The van der Waals surface area contributed by atoms with E-state index in [9.17, 15) is 13.2 Å². The number of benzene rings is 1. The third-order valence-electron chi connectivity index (χ3n) is 7.83. The number of aromatic nitrogens is 4. The molecule has 6 nitrogen and oxygen atoms in total. The first-order chi connectivity index (χ1) is 22.4. The lowest BCUT2D eigenvalue weighted by molar-refractivity contribution is -0.141. The maximum atomic E-state index is 12.2. The molecule has 0 radical (unpaired) electrons. The second-order valence-corrected chi connectivity index (χ2v) is 12.4. The van der Waals surface area contributed by atoms with Crippen LogP contribution in [-0.4, -0.2) is 27.0 Å². The van der Waals surface area contributed by atoms with Crippen LogP contribution in [0.15, 0.2) is 83.9 Å². The van der Waals surface area contributed by atoms with Gasteiger partial charge in [0.05, 0.1) is 19.1 Å². The number of furan rings is 1. The summed E-state index contributed by atoms with van der Waals surface area (Å²) in [6.07, 6.45) is 5.20. The average molecular weight is 645 g/mol. The van der Waals surface area contributed by atoms with E-state index < -0.39 is 11.9 Å². The molecule has 248 valence electrons. The zero-order valence-electron chi connectivity index (χ0n) is 28.1. The van der Waals surface area contributed by atoms with Gasteiger partial charge < -0.3 is 9.15 Å². The third-order valence-corrected chi connectivity index (χ3v) is 7.83. The fraction of sp³-hybridized carbons (Fsp3) is 0.368. The second-order valence-electron chi connectivity index (χ2n) is 12.4. The zero-order valence-corrected chi connectivity index (χ0v) is 28.1. The van der Waals surface area contributed by atoms with E-state index in [1.54, 1.807) is 19.4 Å². The van der Waals surface area contributed by atoms with Crippen molar-refractivity contribution in [3.8, 4) is 17.0 Å². The molecule has 0 unspecified atom stereocenters. The largest absolute Gasteiger partial charge is 0.496 e. The molecule has 5 aromatic rings. The molecule has 0 atom stereocenters. The lowest BCUT2D eigenvalue weighted by Gasteiger charge is -2.15. The topological polar surface area (TPSA) is 73.9 Å². The number of alkyl halides is 3. The van der Waals surface area contributed by atoms with Crippen LogP contribution in [-0.2, 0) is 25.4 Å². The Morgan fingerprint density at radius 1 is 0.809 bits per heavy atom. The summed E-state index contributed by atoms with van der Waals surface area (Å²) < 4.78 is 47.3. The molecule has 0 saturated carbocycles. The Balaban J connectivity index is 0.000000162. The predicted octanol–water partition coefficient (Wildman–Crippen LogP) is 9.99. The van der Waals surface area contributed by atoms with Gasteiger partial charge in [-0.25, -0.2) is 9.97 Å². The Labute approximate surface area is 275 Å². The number of pyridine rings is 2. The summed E-state index contributed by atoms with van der Waals surface area (Å²) in [4.78, 5) is 16.8. The molecule has 0 fully saturated rings. The monoisotopic (exact) mass is 644 g/mol. The van der Waals surface area contributed by atoms with E-state index in [2.05, 4.69) is 65.8 Å². The average Bonchev–Trinajstić information content (AvgIpc) is 3.55. The van der Waals surface area contributed by atoms with Crippen molar-refractivity contribution in [3.63, 3.8) is 0 Å². The second kappa shape index (κ2) is 15.8. The van der Waals surface area contributed by atoms with Crippen LogP contribution in [0.4, 0.5) is 13.2 Å². The highest BCUT2D eigenvalue weighted by Crippen LogP contribution is 2.33. The van der Waals surface area contributed by atoms with Gasteiger partial charge in [0.2, 0.25) is 0 Å².